The number of rotatable bonds is 4. The number of ether oxygens (including phenoxy) is 1. The first-order valence-corrected chi connectivity index (χ1v) is 7.86. The van der Waals surface area contributed by atoms with E-state index in [-0.39, 0.29) is 18.1 Å². The van der Waals surface area contributed by atoms with Crippen molar-refractivity contribution >= 4 is 5.91 Å². The van der Waals surface area contributed by atoms with Crippen LogP contribution in [0.25, 0.3) is 0 Å². The molecular formula is C15H22N6O2. The highest BCUT2D eigenvalue weighted by Gasteiger charge is 2.30. The molecule has 0 saturated heterocycles. The number of nitrogens with zero attached hydrogens (tertiary/aromatic N) is 5. The number of fused-ring (bicyclic) bond motifs is 1. The Morgan fingerprint density at radius 3 is 3.04 bits per heavy atom. The summed E-state index contributed by atoms with van der Waals surface area (Å²) in [4.78, 5) is 14.4. The second-order valence-electron chi connectivity index (χ2n) is 5.95. The molecule has 1 aliphatic rings. The lowest BCUT2D eigenvalue weighted by molar-refractivity contribution is -0.00701. The summed E-state index contributed by atoms with van der Waals surface area (Å²) < 4.78 is 7.68. The molecule has 1 aliphatic heterocycles. The maximum atomic E-state index is 12.8. The van der Waals surface area contributed by atoms with Crippen LogP contribution in [0.1, 0.15) is 54.4 Å². The van der Waals surface area contributed by atoms with Crippen LogP contribution in [0.5, 0.6) is 0 Å². The van der Waals surface area contributed by atoms with E-state index in [2.05, 4.69) is 20.4 Å². The van der Waals surface area contributed by atoms with Crippen LogP contribution >= 0.6 is 0 Å². The molecule has 0 spiro atoms. The van der Waals surface area contributed by atoms with Gasteiger partial charge in [-0.05, 0) is 20.8 Å². The predicted octanol–water partition coefficient (Wildman–Crippen LogP) is 1.32. The van der Waals surface area contributed by atoms with Gasteiger partial charge in [0, 0.05) is 25.6 Å². The quantitative estimate of drug-likeness (QED) is 0.918. The Morgan fingerprint density at radius 2 is 2.30 bits per heavy atom. The number of aromatic nitrogens is 5. The molecule has 23 heavy (non-hydrogen) atoms. The van der Waals surface area contributed by atoms with E-state index >= 15 is 0 Å². The van der Waals surface area contributed by atoms with Gasteiger partial charge in [0.2, 0.25) is 0 Å². The van der Waals surface area contributed by atoms with Gasteiger partial charge in [-0.15, -0.1) is 10.2 Å². The third-order valence-corrected chi connectivity index (χ3v) is 4.20. The van der Waals surface area contributed by atoms with Crippen molar-refractivity contribution in [2.45, 2.75) is 52.5 Å². The van der Waals surface area contributed by atoms with Crippen LogP contribution in [0.2, 0.25) is 0 Å². The van der Waals surface area contributed by atoms with Crippen LogP contribution in [0.15, 0.2) is 6.33 Å². The van der Waals surface area contributed by atoms with Gasteiger partial charge < -0.3 is 14.2 Å². The first-order valence-electron chi connectivity index (χ1n) is 7.86. The third kappa shape index (κ3) is 2.86. The van der Waals surface area contributed by atoms with E-state index in [0.717, 1.165) is 23.6 Å². The molecule has 3 rings (SSSR count). The number of carbonyl (C=O) groups excluding carboxylic acids is 1. The Balaban J connectivity index is 1.81. The van der Waals surface area contributed by atoms with Crippen LogP contribution in [-0.2, 0) is 24.2 Å². The first-order chi connectivity index (χ1) is 11.0. The summed E-state index contributed by atoms with van der Waals surface area (Å²) in [6.07, 6.45) is 2.37. The van der Waals surface area contributed by atoms with E-state index in [1.54, 1.807) is 18.3 Å². The molecular weight excluding hydrogens is 296 g/mol. The highest BCUT2D eigenvalue weighted by Crippen LogP contribution is 2.30. The summed E-state index contributed by atoms with van der Waals surface area (Å²) in [6, 6.07) is 0. The molecule has 0 radical (unpaired) electrons. The van der Waals surface area contributed by atoms with E-state index in [9.17, 15) is 4.79 Å². The van der Waals surface area contributed by atoms with Crippen molar-refractivity contribution in [1.29, 1.82) is 0 Å². The van der Waals surface area contributed by atoms with Gasteiger partial charge in [-0.1, -0.05) is 0 Å². The van der Waals surface area contributed by atoms with E-state index in [0.29, 0.717) is 18.7 Å². The average molecular weight is 318 g/mol. The molecule has 0 aromatic carbocycles. The number of aromatic amines is 1. The van der Waals surface area contributed by atoms with Crippen LogP contribution in [0.4, 0.5) is 0 Å². The molecule has 124 valence electrons. The summed E-state index contributed by atoms with van der Waals surface area (Å²) in [7, 11) is 1.75. The number of nitrogens with one attached hydrogen (secondary N) is 1. The zero-order valence-corrected chi connectivity index (χ0v) is 13.9. The number of carbonyl (C=O) groups is 1. The summed E-state index contributed by atoms with van der Waals surface area (Å²) in [5.41, 5.74) is 2.34. The summed E-state index contributed by atoms with van der Waals surface area (Å²) >= 11 is 0. The molecule has 0 unspecified atom stereocenters. The fourth-order valence-electron chi connectivity index (χ4n) is 2.98. The standard InChI is InChI=1S/C15H22N6O2/c1-5-21-8-16-17-12(21)7-20(4)15(22)14-11-6-9(2)23-10(3)13(11)18-19-14/h8-10H,5-7H2,1-4H3,(H,18,19)/t9-,10+/m0/s1. The smallest absolute Gasteiger partial charge is 0.274 e. The van der Waals surface area contributed by atoms with Crippen molar-refractivity contribution in [2.24, 2.45) is 0 Å². The Labute approximate surface area is 134 Å². The number of hydrogen-bond donors (Lipinski definition) is 1. The summed E-state index contributed by atoms with van der Waals surface area (Å²) in [5, 5.41) is 15.2. The average Bonchev–Trinajstić information content (AvgIpc) is 3.12. The monoisotopic (exact) mass is 318 g/mol. The number of amides is 1. The van der Waals surface area contributed by atoms with Gasteiger partial charge in [-0.2, -0.15) is 5.10 Å². The first kappa shape index (κ1) is 15.7. The van der Waals surface area contributed by atoms with E-state index < -0.39 is 0 Å². The lowest BCUT2D eigenvalue weighted by Crippen LogP contribution is -2.30. The molecule has 0 bridgehead atoms. The minimum absolute atomic E-state index is 0.0729. The van der Waals surface area contributed by atoms with Gasteiger partial charge >= 0.3 is 0 Å². The van der Waals surface area contributed by atoms with Crippen molar-refractivity contribution in [3.63, 3.8) is 0 Å². The molecule has 2 aromatic rings. The normalized spacial score (nSPS) is 20.3. The van der Waals surface area contributed by atoms with Gasteiger partial charge in [0.25, 0.3) is 5.91 Å². The molecule has 8 heteroatoms. The molecule has 1 amide bonds. The molecule has 3 heterocycles. The highest BCUT2D eigenvalue weighted by molar-refractivity contribution is 5.93. The van der Waals surface area contributed by atoms with Crippen molar-refractivity contribution in [3.8, 4) is 0 Å². The minimum Gasteiger partial charge on any atom is -0.369 e. The second kappa shape index (κ2) is 6.11. The molecule has 8 nitrogen and oxygen atoms in total. The van der Waals surface area contributed by atoms with Crippen molar-refractivity contribution in [3.05, 3.63) is 29.1 Å². The molecule has 2 aromatic heterocycles. The maximum Gasteiger partial charge on any atom is 0.274 e. The molecule has 0 aliphatic carbocycles. The summed E-state index contributed by atoms with van der Waals surface area (Å²) in [5.74, 6) is 0.646. The van der Waals surface area contributed by atoms with E-state index in [1.807, 2.05) is 25.3 Å². The van der Waals surface area contributed by atoms with Gasteiger partial charge in [0.15, 0.2) is 11.5 Å². The Bertz CT molecular complexity index is 707. The molecule has 0 saturated carbocycles. The van der Waals surface area contributed by atoms with Crippen molar-refractivity contribution in [2.75, 3.05) is 7.05 Å². The molecule has 1 N–H and O–H groups in total. The van der Waals surface area contributed by atoms with Crippen molar-refractivity contribution < 1.29 is 9.53 Å². The topological polar surface area (TPSA) is 88.9 Å². The minimum atomic E-state index is -0.116. The number of aryl methyl sites for hydroxylation is 1. The van der Waals surface area contributed by atoms with Gasteiger partial charge in [0.05, 0.1) is 24.4 Å². The van der Waals surface area contributed by atoms with Crippen LogP contribution in [0, 0.1) is 0 Å². The molecule has 0 fully saturated rings. The maximum absolute atomic E-state index is 12.8. The summed E-state index contributed by atoms with van der Waals surface area (Å²) in [6.45, 7) is 7.16. The third-order valence-electron chi connectivity index (χ3n) is 4.20. The van der Waals surface area contributed by atoms with Gasteiger partial charge in [-0.25, -0.2) is 0 Å². The van der Waals surface area contributed by atoms with Gasteiger partial charge in [0.1, 0.15) is 6.33 Å². The zero-order chi connectivity index (χ0) is 16.6. The second-order valence-corrected chi connectivity index (χ2v) is 5.95. The Morgan fingerprint density at radius 1 is 1.52 bits per heavy atom. The van der Waals surface area contributed by atoms with Crippen LogP contribution in [0.3, 0.4) is 0 Å². The van der Waals surface area contributed by atoms with E-state index in [4.69, 9.17) is 4.74 Å². The van der Waals surface area contributed by atoms with E-state index in [1.165, 1.54) is 0 Å². The highest BCUT2D eigenvalue weighted by atomic mass is 16.5. The lowest BCUT2D eigenvalue weighted by atomic mass is 9.99. The van der Waals surface area contributed by atoms with Crippen molar-refractivity contribution in [1.82, 2.24) is 29.9 Å². The Hall–Kier alpha value is -2.22. The molecule has 2 atom stereocenters. The fourth-order valence-corrected chi connectivity index (χ4v) is 2.98. The zero-order valence-electron chi connectivity index (χ0n) is 13.9. The largest absolute Gasteiger partial charge is 0.369 e. The predicted molar refractivity (Wildman–Crippen MR) is 82.7 cm³/mol. The Kier molecular flexibility index (Phi) is 4.16. The fraction of sp³-hybridized carbons (Fsp3) is 0.600. The SMILES string of the molecule is CCn1cnnc1CN(C)C(=O)c1n[nH]c2c1C[C@H](C)O[C@@H]2C. The number of H-pyrrole nitrogens is 1. The van der Waals surface area contributed by atoms with Crippen LogP contribution < -0.4 is 0 Å². The number of hydrogen-bond acceptors (Lipinski definition) is 5. The lowest BCUT2D eigenvalue weighted by Gasteiger charge is -2.25. The van der Waals surface area contributed by atoms with Gasteiger partial charge in [-0.3, -0.25) is 9.89 Å². The van der Waals surface area contributed by atoms with Crippen LogP contribution in [-0.4, -0.2) is 48.9 Å².